The number of aliphatic hydroxyl groups excluding tert-OH is 1. The lowest BCUT2D eigenvalue weighted by molar-refractivity contribution is -0.0119. The normalized spacial score (nSPS) is 17.2. The number of benzene rings is 3. The first-order valence-corrected chi connectivity index (χ1v) is 10.2. The molecule has 8 nitrogen and oxygen atoms in total. The minimum Gasteiger partial charge on any atom is -0.507 e. The number of aliphatic hydroxyl groups is 1. The number of aromatic hydroxyl groups is 2. The van der Waals surface area contributed by atoms with Crippen LogP contribution in [-0.2, 0) is 0 Å². The Morgan fingerprint density at radius 2 is 1.76 bits per heavy atom. The number of hydrogen-bond donors (Lipinski definition) is 3. The molecule has 0 saturated heterocycles. The smallest absolute Gasteiger partial charge is 0.205 e. The molecular formula is C25H20O8. The van der Waals surface area contributed by atoms with Gasteiger partial charge in [0.25, 0.3) is 0 Å². The summed E-state index contributed by atoms with van der Waals surface area (Å²) in [5.41, 5.74) is 0.841. The summed E-state index contributed by atoms with van der Waals surface area (Å²) in [4.78, 5) is 12.8. The van der Waals surface area contributed by atoms with Crippen molar-refractivity contribution in [2.45, 2.75) is 12.2 Å². The predicted molar refractivity (Wildman–Crippen MR) is 119 cm³/mol. The van der Waals surface area contributed by atoms with E-state index < -0.39 is 24.2 Å². The number of methoxy groups -OCH3 is 1. The molecule has 8 heteroatoms. The second-order valence-electron chi connectivity index (χ2n) is 7.58. The van der Waals surface area contributed by atoms with E-state index in [0.717, 1.165) is 0 Å². The van der Waals surface area contributed by atoms with Crippen molar-refractivity contribution >= 4 is 11.0 Å². The molecular weight excluding hydrogens is 428 g/mol. The van der Waals surface area contributed by atoms with Gasteiger partial charge in [0, 0.05) is 23.3 Å². The molecule has 3 N–H and O–H groups in total. The van der Waals surface area contributed by atoms with Crippen molar-refractivity contribution in [1.29, 1.82) is 0 Å². The molecule has 0 saturated carbocycles. The Balaban J connectivity index is 1.66. The molecule has 0 unspecified atom stereocenters. The lowest BCUT2D eigenvalue weighted by atomic mass is 10.0. The molecule has 33 heavy (non-hydrogen) atoms. The fourth-order valence-corrected chi connectivity index (χ4v) is 3.93. The van der Waals surface area contributed by atoms with Gasteiger partial charge in [0.15, 0.2) is 40.5 Å². The third-order valence-corrected chi connectivity index (χ3v) is 5.53. The number of hydrogen-bond acceptors (Lipinski definition) is 8. The molecule has 1 aromatic heterocycles. The quantitative estimate of drug-likeness (QED) is 0.432. The predicted octanol–water partition coefficient (Wildman–Crippen LogP) is 3.75. The van der Waals surface area contributed by atoms with E-state index in [1.165, 1.54) is 25.3 Å². The van der Waals surface area contributed by atoms with Gasteiger partial charge < -0.3 is 33.9 Å². The van der Waals surface area contributed by atoms with Crippen LogP contribution in [-0.4, -0.2) is 35.1 Å². The molecule has 0 aliphatic carbocycles. The summed E-state index contributed by atoms with van der Waals surface area (Å²) in [5.74, 6) is 0.436. The van der Waals surface area contributed by atoms with E-state index in [2.05, 4.69) is 0 Å². The zero-order valence-corrected chi connectivity index (χ0v) is 17.5. The summed E-state index contributed by atoms with van der Waals surface area (Å²) in [6.45, 7) is -0.404. The number of fused-ring (bicyclic) bond motifs is 3. The Bertz CT molecular complexity index is 1390. The van der Waals surface area contributed by atoms with Gasteiger partial charge in [-0.3, -0.25) is 4.79 Å². The zero-order chi connectivity index (χ0) is 23.1. The maximum absolute atomic E-state index is 12.8. The maximum Gasteiger partial charge on any atom is 0.205 e. The van der Waals surface area contributed by atoms with Crippen LogP contribution < -0.4 is 19.6 Å². The Morgan fingerprint density at radius 1 is 0.970 bits per heavy atom. The summed E-state index contributed by atoms with van der Waals surface area (Å²) in [6.07, 6.45) is -1.64. The van der Waals surface area contributed by atoms with Crippen LogP contribution in [0.25, 0.3) is 22.3 Å². The summed E-state index contributed by atoms with van der Waals surface area (Å²) >= 11 is 0. The largest absolute Gasteiger partial charge is 0.507 e. The van der Waals surface area contributed by atoms with Crippen molar-refractivity contribution in [3.63, 3.8) is 0 Å². The minimum atomic E-state index is -0.856. The van der Waals surface area contributed by atoms with Crippen molar-refractivity contribution in [1.82, 2.24) is 0 Å². The van der Waals surface area contributed by atoms with E-state index in [9.17, 15) is 20.1 Å². The fraction of sp³-hybridized carbons (Fsp3) is 0.160. The zero-order valence-electron chi connectivity index (χ0n) is 17.5. The monoisotopic (exact) mass is 448 g/mol. The highest BCUT2D eigenvalue weighted by molar-refractivity contribution is 5.92. The van der Waals surface area contributed by atoms with E-state index in [1.54, 1.807) is 24.3 Å². The second-order valence-corrected chi connectivity index (χ2v) is 7.58. The first-order chi connectivity index (χ1) is 16.0. The van der Waals surface area contributed by atoms with Crippen LogP contribution >= 0.6 is 0 Å². The summed E-state index contributed by atoms with van der Waals surface area (Å²) in [5, 5.41) is 30.4. The first-order valence-electron chi connectivity index (χ1n) is 10.2. The molecule has 2 heterocycles. The van der Waals surface area contributed by atoms with Crippen molar-refractivity contribution in [2.75, 3.05) is 13.7 Å². The van der Waals surface area contributed by atoms with E-state index in [-0.39, 0.29) is 39.7 Å². The SMILES string of the molecule is COc1cc([C@H]2Oc3cc(O)c4c(=O)cc(-c5ccccc5)oc4c3O[C@@H]2CO)ccc1O. The van der Waals surface area contributed by atoms with Crippen LogP contribution in [0, 0.1) is 0 Å². The fourth-order valence-electron chi connectivity index (χ4n) is 3.93. The molecule has 3 aromatic carbocycles. The van der Waals surface area contributed by atoms with E-state index in [4.69, 9.17) is 18.6 Å². The molecule has 5 rings (SSSR count). The minimum absolute atomic E-state index is 0.0246. The first kappa shape index (κ1) is 20.7. The average Bonchev–Trinajstić information content (AvgIpc) is 2.84. The lowest BCUT2D eigenvalue weighted by Crippen LogP contribution is -2.36. The van der Waals surface area contributed by atoms with Gasteiger partial charge in [-0.15, -0.1) is 0 Å². The second kappa shape index (κ2) is 8.07. The number of phenols is 2. The van der Waals surface area contributed by atoms with Gasteiger partial charge in [-0.25, -0.2) is 0 Å². The molecule has 0 bridgehead atoms. The third kappa shape index (κ3) is 3.50. The third-order valence-electron chi connectivity index (χ3n) is 5.53. The van der Waals surface area contributed by atoms with Crippen molar-refractivity contribution in [3.05, 3.63) is 76.5 Å². The molecule has 0 fully saturated rings. The lowest BCUT2D eigenvalue weighted by Gasteiger charge is -2.33. The molecule has 2 atom stereocenters. The molecule has 4 aromatic rings. The van der Waals surface area contributed by atoms with E-state index in [1.807, 2.05) is 18.2 Å². The molecule has 1 aliphatic rings. The molecule has 0 amide bonds. The molecule has 0 spiro atoms. The summed E-state index contributed by atoms with van der Waals surface area (Å²) in [6, 6.07) is 16.3. The van der Waals surface area contributed by atoms with Gasteiger partial charge >= 0.3 is 0 Å². The Kier molecular flexibility index (Phi) is 5.07. The standard InChI is InChI=1S/C25H20O8/c1-30-19-9-14(7-8-15(19)27)23-21(12-26)33-24-20(32-23)11-17(29)22-16(28)10-18(31-25(22)24)13-5-3-2-4-6-13/h2-11,21,23,26-27,29H,12H2,1H3/t21-,23-/m1/s1. The van der Waals surface area contributed by atoms with Crippen LogP contribution in [0.15, 0.2) is 69.9 Å². The van der Waals surface area contributed by atoms with Crippen LogP contribution in [0.1, 0.15) is 11.7 Å². The maximum atomic E-state index is 12.8. The van der Waals surface area contributed by atoms with E-state index in [0.29, 0.717) is 16.9 Å². The molecule has 168 valence electrons. The molecule has 0 radical (unpaired) electrons. The van der Waals surface area contributed by atoms with Crippen LogP contribution in [0.5, 0.6) is 28.7 Å². The number of rotatable bonds is 4. The number of phenolic OH excluding ortho intramolecular Hbond substituents is 2. The van der Waals surface area contributed by atoms with Gasteiger partial charge in [0.05, 0.1) is 13.7 Å². The van der Waals surface area contributed by atoms with Gasteiger partial charge in [-0.05, 0) is 12.1 Å². The van der Waals surface area contributed by atoms with Crippen LogP contribution in [0.2, 0.25) is 0 Å². The highest BCUT2D eigenvalue weighted by atomic mass is 16.6. The number of ether oxygens (including phenoxy) is 3. The van der Waals surface area contributed by atoms with Crippen molar-refractivity contribution in [3.8, 4) is 40.1 Å². The van der Waals surface area contributed by atoms with Gasteiger partial charge in [-0.2, -0.15) is 0 Å². The Morgan fingerprint density at radius 3 is 2.48 bits per heavy atom. The van der Waals surface area contributed by atoms with Gasteiger partial charge in [0.2, 0.25) is 5.75 Å². The van der Waals surface area contributed by atoms with Crippen molar-refractivity contribution < 1.29 is 33.9 Å². The summed E-state index contributed by atoms with van der Waals surface area (Å²) < 4.78 is 23.3. The summed E-state index contributed by atoms with van der Waals surface area (Å²) in [7, 11) is 1.42. The average molecular weight is 448 g/mol. The van der Waals surface area contributed by atoms with Gasteiger partial charge in [-0.1, -0.05) is 36.4 Å². The van der Waals surface area contributed by atoms with Crippen molar-refractivity contribution in [2.24, 2.45) is 0 Å². The highest BCUT2D eigenvalue weighted by Gasteiger charge is 2.36. The van der Waals surface area contributed by atoms with Crippen LogP contribution in [0.3, 0.4) is 0 Å². The van der Waals surface area contributed by atoms with Crippen LogP contribution in [0.4, 0.5) is 0 Å². The Hall–Kier alpha value is -4.17. The highest BCUT2D eigenvalue weighted by Crippen LogP contribution is 2.47. The Labute approximate surface area is 187 Å². The van der Waals surface area contributed by atoms with Gasteiger partial charge in [0.1, 0.15) is 16.9 Å². The topological polar surface area (TPSA) is 119 Å². The van der Waals surface area contributed by atoms with E-state index >= 15 is 0 Å². The molecule has 1 aliphatic heterocycles.